The Balaban J connectivity index is 2.73. The van der Waals surface area contributed by atoms with Crippen LogP contribution in [-0.4, -0.2) is 16.2 Å². The number of halogens is 1. The van der Waals surface area contributed by atoms with Gasteiger partial charge in [0.15, 0.2) is 0 Å². The van der Waals surface area contributed by atoms with Gasteiger partial charge in [-0.05, 0) is 12.5 Å². The van der Waals surface area contributed by atoms with Crippen molar-refractivity contribution in [3.63, 3.8) is 0 Å². The molecule has 4 N–H and O–H groups in total. The number of benzene rings is 1. The molecular weight excluding hydrogens is 201 g/mol. The van der Waals surface area contributed by atoms with E-state index in [1.807, 2.05) is 0 Å². The molecule has 1 aromatic rings. The van der Waals surface area contributed by atoms with Crippen molar-refractivity contribution in [1.29, 1.82) is 0 Å². The first kappa shape index (κ1) is 11.5. The highest BCUT2D eigenvalue weighted by Gasteiger charge is 2.13. The first-order chi connectivity index (χ1) is 7.00. The minimum Gasteiger partial charge on any atom is -0.508 e. The van der Waals surface area contributed by atoms with Gasteiger partial charge in [0.2, 0.25) is 0 Å². The van der Waals surface area contributed by atoms with Crippen molar-refractivity contribution in [3.8, 4) is 5.75 Å². The Labute approximate surface area is 86.1 Å². The average Bonchev–Trinajstić information content (AvgIpc) is 2.14. The maximum atomic E-state index is 13.2. The maximum Gasteiger partial charge on any atom is 0.303 e. The second kappa shape index (κ2) is 4.75. The third kappa shape index (κ3) is 3.21. The number of rotatable bonds is 4. The van der Waals surface area contributed by atoms with E-state index in [0.29, 0.717) is 0 Å². The largest absolute Gasteiger partial charge is 0.508 e. The molecule has 1 aromatic carbocycles. The molecule has 0 amide bonds. The molecule has 0 aliphatic carbocycles. The number of carboxylic acid groups (broad SMARTS) is 1. The summed E-state index contributed by atoms with van der Waals surface area (Å²) >= 11 is 0. The summed E-state index contributed by atoms with van der Waals surface area (Å²) in [5.41, 5.74) is 5.83. The third-order valence-corrected chi connectivity index (χ3v) is 2.05. The summed E-state index contributed by atoms with van der Waals surface area (Å²) in [5, 5.41) is 17.4. The van der Waals surface area contributed by atoms with E-state index in [1.165, 1.54) is 12.1 Å². The zero-order chi connectivity index (χ0) is 11.4. The first-order valence-electron chi connectivity index (χ1n) is 4.46. The van der Waals surface area contributed by atoms with Gasteiger partial charge in [0, 0.05) is 24.1 Å². The highest BCUT2D eigenvalue weighted by molar-refractivity contribution is 5.66. The van der Waals surface area contributed by atoms with Crippen molar-refractivity contribution in [3.05, 3.63) is 29.6 Å². The van der Waals surface area contributed by atoms with Crippen LogP contribution >= 0.6 is 0 Å². The molecule has 1 unspecified atom stereocenters. The molecule has 82 valence electrons. The van der Waals surface area contributed by atoms with Gasteiger partial charge in [-0.15, -0.1) is 0 Å². The number of phenols is 1. The van der Waals surface area contributed by atoms with Gasteiger partial charge in [-0.1, -0.05) is 6.07 Å². The summed E-state index contributed by atoms with van der Waals surface area (Å²) in [6.45, 7) is 0. The number of nitrogens with two attached hydrogens (primary N) is 1. The van der Waals surface area contributed by atoms with Crippen molar-refractivity contribution in [1.82, 2.24) is 0 Å². The van der Waals surface area contributed by atoms with E-state index in [-0.39, 0.29) is 24.2 Å². The van der Waals surface area contributed by atoms with Crippen molar-refractivity contribution >= 4 is 5.97 Å². The van der Waals surface area contributed by atoms with Crippen LogP contribution < -0.4 is 5.73 Å². The molecule has 0 aliphatic rings. The molecule has 0 bridgehead atoms. The van der Waals surface area contributed by atoms with Gasteiger partial charge < -0.3 is 15.9 Å². The van der Waals surface area contributed by atoms with Gasteiger partial charge in [-0.3, -0.25) is 4.79 Å². The molecule has 5 heteroatoms. The van der Waals surface area contributed by atoms with Crippen molar-refractivity contribution in [2.24, 2.45) is 5.73 Å². The first-order valence-corrected chi connectivity index (χ1v) is 4.46. The van der Waals surface area contributed by atoms with E-state index in [9.17, 15) is 9.18 Å². The standard InChI is InChI=1S/C10H12FNO3/c11-8-5-6(13)1-2-7(8)9(12)3-4-10(14)15/h1-2,5,9,13H,3-4,12H2,(H,14,15). The lowest BCUT2D eigenvalue weighted by atomic mass is 10.0. The van der Waals surface area contributed by atoms with Crippen molar-refractivity contribution in [2.45, 2.75) is 18.9 Å². The number of hydrogen-bond donors (Lipinski definition) is 3. The maximum absolute atomic E-state index is 13.2. The summed E-state index contributed by atoms with van der Waals surface area (Å²) in [5.74, 6) is -1.76. The lowest BCUT2D eigenvalue weighted by Gasteiger charge is -2.11. The Kier molecular flexibility index (Phi) is 3.62. The molecular formula is C10H12FNO3. The molecule has 0 aromatic heterocycles. The summed E-state index contributed by atoms with van der Waals surface area (Å²) in [4.78, 5) is 10.3. The minimum atomic E-state index is -0.968. The van der Waals surface area contributed by atoms with Gasteiger partial charge in [0.1, 0.15) is 11.6 Å². The molecule has 0 aliphatic heterocycles. The molecule has 0 fully saturated rings. The Hall–Kier alpha value is -1.62. The summed E-state index contributed by atoms with van der Waals surface area (Å²) < 4.78 is 13.2. The number of aliphatic carboxylic acids is 1. The van der Waals surface area contributed by atoms with Gasteiger partial charge >= 0.3 is 5.97 Å². The van der Waals surface area contributed by atoms with Gasteiger partial charge in [-0.2, -0.15) is 0 Å². The van der Waals surface area contributed by atoms with Crippen LogP contribution in [0.4, 0.5) is 4.39 Å². The highest BCUT2D eigenvalue weighted by Crippen LogP contribution is 2.22. The summed E-state index contributed by atoms with van der Waals surface area (Å²) in [6, 6.07) is 2.97. The smallest absolute Gasteiger partial charge is 0.303 e. The van der Waals surface area contributed by atoms with Crippen LogP contribution in [0.3, 0.4) is 0 Å². The van der Waals surface area contributed by atoms with Crippen LogP contribution in [0, 0.1) is 5.82 Å². The van der Waals surface area contributed by atoms with E-state index in [0.717, 1.165) is 6.07 Å². The molecule has 0 spiro atoms. The molecule has 0 radical (unpaired) electrons. The van der Waals surface area contributed by atoms with Crippen LogP contribution in [-0.2, 0) is 4.79 Å². The van der Waals surface area contributed by atoms with Gasteiger partial charge in [0.25, 0.3) is 0 Å². The second-order valence-corrected chi connectivity index (χ2v) is 3.24. The SMILES string of the molecule is NC(CCC(=O)O)c1ccc(O)cc1F. The predicted molar refractivity (Wildman–Crippen MR) is 51.9 cm³/mol. The average molecular weight is 213 g/mol. The zero-order valence-electron chi connectivity index (χ0n) is 7.98. The van der Waals surface area contributed by atoms with E-state index >= 15 is 0 Å². The lowest BCUT2D eigenvalue weighted by molar-refractivity contribution is -0.137. The molecule has 15 heavy (non-hydrogen) atoms. The Morgan fingerprint density at radius 2 is 2.20 bits per heavy atom. The van der Waals surface area contributed by atoms with Crippen LogP contribution in [0.2, 0.25) is 0 Å². The molecule has 0 saturated carbocycles. The fourth-order valence-corrected chi connectivity index (χ4v) is 1.25. The van der Waals surface area contributed by atoms with Gasteiger partial charge in [-0.25, -0.2) is 4.39 Å². The van der Waals surface area contributed by atoms with Gasteiger partial charge in [0.05, 0.1) is 0 Å². The highest BCUT2D eigenvalue weighted by atomic mass is 19.1. The fourth-order valence-electron chi connectivity index (χ4n) is 1.25. The molecule has 4 nitrogen and oxygen atoms in total. The fraction of sp³-hybridized carbons (Fsp3) is 0.300. The van der Waals surface area contributed by atoms with Crippen LogP contribution in [0.1, 0.15) is 24.4 Å². The van der Waals surface area contributed by atoms with Crippen LogP contribution in [0.15, 0.2) is 18.2 Å². The number of aromatic hydroxyl groups is 1. The Morgan fingerprint density at radius 3 is 2.73 bits per heavy atom. The second-order valence-electron chi connectivity index (χ2n) is 3.24. The van der Waals surface area contributed by atoms with Crippen molar-refractivity contribution < 1.29 is 19.4 Å². The van der Waals surface area contributed by atoms with E-state index in [2.05, 4.69) is 0 Å². The van der Waals surface area contributed by atoms with Crippen LogP contribution in [0.25, 0.3) is 0 Å². The lowest BCUT2D eigenvalue weighted by Crippen LogP contribution is -2.13. The van der Waals surface area contributed by atoms with E-state index in [4.69, 9.17) is 15.9 Å². The summed E-state index contributed by atoms with van der Waals surface area (Å²) in [7, 11) is 0. The zero-order valence-corrected chi connectivity index (χ0v) is 7.98. The topological polar surface area (TPSA) is 83.6 Å². The molecule has 1 atom stereocenters. The molecule has 1 rings (SSSR count). The Morgan fingerprint density at radius 1 is 1.53 bits per heavy atom. The normalized spacial score (nSPS) is 12.4. The van der Waals surface area contributed by atoms with Crippen molar-refractivity contribution in [2.75, 3.05) is 0 Å². The number of phenolic OH excluding ortho intramolecular Hbond substituents is 1. The summed E-state index contributed by atoms with van der Waals surface area (Å²) in [6.07, 6.45) is 0.0541. The predicted octanol–water partition coefficient (Wildman–Crippen LogP) is 1.40. The monoisotopic (exact) mass is 213 g/mol. The Bertz CT molecular complexity index is 368. The quantitative estimate of drug-likeness (QED) is 0.705. The van der Waals surface area contributed by atoms with E-state index in [1.54, 1.807) is 0 Å². The molecule has 0 heterocycles. The number of carbonyl (C=O) groups is 1. The minimum absolute atomic E-state index is 0.110. The third-order valence-electron chi connectivity index (χ3n) is 2.05. The number of hydrogen-bond acceptors (Lipinski definition) is 3. The van der Waals surface area contributed by atoms with Crippen LogP contribution in [0.5, 0.6) is 5.75 Å². The number of carboxylic acids is 1. The van der Waals surface area contributed by atoms with E-state index < -0.39 is 17.8 Å². The molecule has 0 saturated heterocycles.